The van der Waals surface area contributed by atoms with Gasteiger partial charge in [-0.25, -0.2) is 13.1 Å². The number of nitrogens with zero attached hydrogens (tertiary/aromatic N) is 1. The topological polar surface area (TPSA) is 95.6 Å². The lowest BCUT2D eigenvalue weighted by Crippen LogP contribution is -2.51. The van der Waals surface area contributed by atoms with Gasteiger partial charge in [0.1, 0.15) is 5.92 Å². The van der Waals surface area contributed by atoms with Crippen molar-refractivity contribution in [3.8, 4) is 0 Å². The number of benzene rings is 3. The number of sulfonamides is 1. The van der Waals surface area contributed by atoms with Gasteiger partial charge in [-0.1, -0.05) is 60.7 Å². The van der Waals surface area contributed by atoms with E-state index in [1.165, 1.54) is 6.07 Å². The highest BCUT2D eigenvalue weighted by molar-refractivity contribution is 7.90. The van der Waals surface area contributed by atoms with E-state index in [0.29, 0.717) is 19.5 Å². The van der Waals surface area contributed by atoms with Crippen LogP contribution in [-0.2, 0) is 26.0 Å². The minimum absolute atomic E-state index is 0.0000592. The Balaban J connectivity index is 1.70. The summed E-state index contributed by atoms with van der Waals surface area (Å²) in [5, 5.41) is 5.02. The molecule has 3 aromatic rings. The van der Waals surface area contributed by atoms with Gasteiger partial charge in [0, 0.05) is 13.1 Å². The Morgan fingerprint density at radius 3 is 2.21 bits per heavy atom. The van der Waals surface area contributed by atoms with Crippen LogP contribution in [-0.4, -0.2) is 51.3 Å². The van der Waals surface area contributed by atoms with Crippen LogP contribution in [0.15, 0.2) is 77.7 Å². The number of rotatable bonds is 10. The van der Waals surface area contributed by atoms with Crippen LogP contribution in [0, 0.1) is 17.8 Å². The molecule has 0 aromatic heterocycles. The van der Waals surface area contributed by atoms with Crippen molar-refractivity contribution < 1.29 is 18.0 Å². The predicted molar refractivity (Wildman–Crippen MR) is 150 cm³/mol. The standard InChI is InChI=1S/C30H37N3O4S/c1-3-33(4-2)30(35)28(27(24-16-18-31-19-17-24)20-22-10-6-5-7-11-22)29(34)32-38(36,37)26-15-14-23-12-8-9-13-25(23)21-26/h5-15,21,24,27-28,31H,3-4,16-20H2,1-2H3,(H,32,34). The number of amides is 2. The zero-order valence-electron chi connectivity index (χ0n) is 22.1. The van der Waals surface area contributed by atoms with Gasteiger partial charge in [0.05, 0.1) is 4.90 Å². The molecular weight excluding hydrogens is 498 g/mol. The van der Waals surface area contributed by atoms with E-state index in [9.17, 15) is 18.0 Å². The lowest BCUT2D eigenvalue weighted by Gasteiger charge is -2.37. The predicted octanol–water partition coefficient (Wildman–Crippen LogP) is 3.99. The van der Waals surface area contributed by atoms with Crippen LogP contribution in [0.2, 0.25) is 0 Å². The van der Waals surface area contributed by atoms with E-state index in [-0.39, 0.29) is 22.6 Å². The van der Waals surface area contributed by atoms with E-state index in [0.717, 1.165) is 42.3 Å². The fourth-order valence-corrected chi connectivity index (χ4v) is 6.57. The summed E-state index contributed by atoms with van der Waals surface area (Å²) in [6.45, 7) is 6.25. The molecule has 0 bridgehead atoms. The maximum absolute atomic E-state index is 13.9. The molecule has 202 valence electrons. The van der Waals surface area contributed by atoms with Gasteiger partial charge in [-0.15, -0.1) is 0 Å². The monoisotopic (exact) mass is 535 g/mol. The fraction of sp³-hybridized carbons (Fsp3) is 0.400. The Morgan fingerprint density at radius 1 is 0.921 bits per heavy atom. The summed E-state index contributed by atoms with van der Waals surface area (Å²) >= 11 is 0. The lowest BCUT2D eigenvalue weighted by atomic mass is 9.73. The maximum atomic E-state index is 13.9. The molecule has 8 heteroatoms. The Kier molecular flexibility index (Phi) is 9.17. The van der Waals surface area contributed by atoms with E-state index in [1.807, 2.05) is 68.4 Å². The molecule has 1 aliphatic heterocycles. The normalized spacial score (nSPS) is 16.1. The van der Waals surface area contributed by atoms with Gasteiger partial charge in [-0.05, 0) is 86.5 Å². The quantitative estimate of drug-likeness (QED) is 0.383. The van der Waals surface area contributed by atoms with Crippen molar-refractivity contribution >= 4 is 32.6 Å². The molecule has 2 unspecified atom stereocenters. The van der Waals surface area contributed by atoms with Crippen LogP contribution >= 0.6 is 0 Å². The molecule has 1 aliphatic rings. The van der Waals surface area contributed by atoms with Gasteiger partial charge in [0.15, 0.2) is 0 Å². The van der Waals surface area contributed by atoms with Crippen LogP contribution < -0.4 is 10.0 Å². The van der Waals surface area contributed by atoms with Gasteiger partial charge in [0.2, 0.25) is 11.8 Å². The van der Waals surface area contributed by atoms with E-state index < -0.39 is 21.8 Å². The molecule has 38 heavy (non-hydrogen) atoms. The Labute approximate surface area is 225 Å². The van der Waals surface area contributed by atoms with Gasteiger partial charge in [-0.3, -0.25) is 9.59 Å². The van der Waals surface area contributed by atoms with Crippen molar-refractivity contribution in [1.29, 1.82) is 0 Å². The summed E-state index contributed by atoms with van der Waals surface area (Å²) in [4.78, 5) is 29.4. The fourth-order valence-electron chi connectivity index (χ4n) is 5.53. The van der Waals surface area contributed by atoms with Gasteiger partial charge < -0.3 is 10.2 Å². The highest BCUT2D eigenvalue weighted by Gasteiger charge is 2.42. The first-order chi connectivity index (χ1) is 18.3. The highest BCUT2D eigenvalue weighted by atomic mass is 32.2. The second-order valence-electron chi connectivity index (χ2n) is 9.91. The first-order valence-corrected chi connectivity index (χ1v) is 14.9. The number of hydrogen-bond acceptors (Lipinski definition) is 5. The second-order valence-corrected chi connectivity index (χ2v) is 11.6. The van der Waals surface area contributed by atoms with Crippen molar-refractivity contribution in [2.75, 3.05) is 26.2 Å². The maximum Gasteiger partial charge on any atom is 0.264 e. The third-order valence-electron chi connectivity index (χ3n) is 7.62. The zero-order chi connectivity index (χ0) is 27.1. The number of hydrogen-bond donors (Lipinski definition) is 2. The molecule has 1 saturated heterocycles. The third kappa shape index (κ3) is 6.42. The van der Waals surface area contributed by atoms with E-state index in [4.69, 9.17) is 0 Å². The van der Waals surface area contributed by atoms with Crippen molar-refractivity contribution in [3.05, 3.63) is 78.4 Å². The Bertz CT molecular complexity index is 1350. The van der Waals surface area contributed by atoms with Crippen LogP contribution in [0.25, 0.3) is 10.8 Å². The first-order valence-electron chi connectivity index (χ1n) is 13.4. The first kappa shape index (κ1) is 27.8. The lowest BCUT2D eigenvalue weighted by molar-refractivity contribution is -0.144. The summed E-state index contributed by atoms with van der Waals surface area (Å²) in [5.74, 6) is -2.42. The molecule has 2 amide bonds. The average Bonchev–Trinajstić information content (AvgIpc) is 2.94. The number of nitrogens with one attached hydrogen (secondary N) is 2. The van der Waals surface area contributed by atoms with E-state index in [1.54, 1.807) is 17.0 Å². The Hall–Kier alpha value is -3.23. The number of piperidine rings is 1. The van der Waals surface area contributed by atoms with Crippen LogP contribution in [0.5, 0.6) is 0 Å². The van der Waals surface area contributed by atoms with Crippen molar-refractivity contribution in [2.45, 2.75) is 38.0 Å². The minimum atomic E-state index is -4.19. The summed E-state index contributed by atoms with van der Waals surface area (Å²) in [7, 11) is -4.19. The molecule has 1 fully saturated rings. The SMILES string of the molecule is CCN(CC)C(=O)C(C(=O)NS(=O)(=O)c1ccc2ccccc2c1)C(Cc1ccccc1)C1CCNCC1. The van der Waals surface area contributed by atoms with Crippen LogP contribution in [0.3, 0.4) is 0 Å². The Morgan fingerprint density at radius 2 is 1.55 bits per heavy atom. The average molecular weight is 536 g/mol. The summed E-state index contributed by atoms with van der Waals surface area (Å²) < 4.78 is 29.1. The summed E-state index contributed by atoms with van der Waals surface area (Å²) in [6, 6.07) is 22.0. The molecule has 0 spiro atoms. The second kappa shape index (κ2) is 12.5. The molecule has 0 saturated carbocycles. The van der Waals surface area contributed by atoms with Crippen molar-refractivity contribution in [3.63, 3.8) is 0 Å². The van der Waals surface area contributed by atoms with Crippen molar-refractivity contribution in [1.82, 2.24) is 14.9 Å². The molecule has 2 atom stereocenters. The largest absolute Gasteiger partial charge is 0.343 e. The molecular formula is C30H37N3O4S. The third-order valence-corrected chi connectivity index (χ3v) is 8.97. The number of fused-ring (bicyclic) bond motifs is 1. The zero-order valence-corrected chi connectivity index (χ0v) is 22.9. The number of carbonyl (C=O) groups excluding carboxylic acids is 2. The van der Waals surface area contributed by atoms with Gasteiger partial charge in [-0.2, -0.15) is 0 Å². The molecule has 0 radical (unpaired) electrons. The minimum Gasteiger partial charge on any atom is -0.343 e. The molecule has 7 nitrogen and oxygen atoms in total. The number of carbonyl (C=O) groups is 2. The molecule has 3 aromatic carbocycles. The molecule has 4 rings (SSSR count). The smallest absolute Gasteiger partial charge is 0.264 e. The van der Waals surface area contributed by atoms with E-state index in [2.05, 4.69) is 10.0 Å². The van der Waals surface area contributed by atoms with Crippen molar-refractivity contribution in [2.24, 2.45) is 17.8 Å². The summed E-state index contributed by atoms with van der Waals surface area (Å²) in [6.07, 6.45) is 2.17. The summed E-state index contributed by atoms with van der Waals surface area (Å²) in [5.41, 5.74) is 1.03. The van der Waals surface area contributed by atoms with Crippen LogP contribution in [0.4, 0.5) is 0 Å². The van der Waals surface area contributed by atoms with Gasteiger partial charge in [0.25, 0.3) is 10.0 Å². The molecule has 1 heterocycles. The molecule has 2 N–H and O–H groups in total. The van der Waals surface area contributed by atoms with Crippen LogP contribution in [0.1, 0.15) is 32.3 Å². The molecule has 0 aliphatic carbocycles. The van der Waals surface area contributed by atoms with E-state index >= 15 is 0 Å². The highest BCUT2D eigenvalue weighted by Crippen LogP contribution is 2.33. The van der Waals surface area contributed by atoms with Gasteiger partial charge >= 0.3 is 0 Å².